The minimum atomic E-state index is -0.0640. The number of hydrogen-bond acceptors (Lipinski definition) is 3. The van der Waals surface area contributed by atoms with Crippen LogP contribution in [0.2, 0.25) is 0 Å². The lowest BCUT2D eigenvalue weighted by Gasteiger charge is -2.20. The fraction of sp³-hybridized carbons (Fsp3) is 0.333. The van der Waals surface area contributed by atoms with Crippen LogP contribution in [-0.4, -0.2) is 6.21 Å². The Bertz CT molecular complexity index is 544. The molecule has 0 aliphatic heterocycles. The summed E-state index contributed by atoms with van der Waals surface area (Å²) in [4.78, 5) is 0. The summed E-state index contributed by atoms with van der Waals surface area (Å²) in [6.07, 6.45) is 2.28. The predicted molar refractivity (Wildman–Crippen MR) is 72.3 cm³/mol. The lowest BCUT2D eigenvalue weighted by molar-refractivity contribution is 0.420. The second-order valence-electron chi connectivity index (χ2n) is 5.39. The van der Waals surface area contributed by atoms with Crippen LogP contribution in [0.3, 0.4) is 0 Å². The van der Waals surface area contributed by atoms with Crippen LogP contribution >= 0.6 is 0 Å². The lowest BCUT2D eigenvalue weighted by atomic mass is 9.85. The van der Waals surface area contributed by atoms with Gasteiger partial charge in [0.1, 0.15) is 0 Å². The maximum atomic E-state index is 8.80. The molecular formula is C15H17N3. The molecule has 0 saturated heterocycles. The SMILES string of the molecule is CC1(C)CC(c2ccc(C#N)cc2)C(C=N)=C1N. The molecule has 0 radical (unpaired) electrons. The summed E-state index contributed by atoms with van der Waals surface area (Å²) in [5.41, 5.74) is 9.56. The van der Waals surface area contributed by atoms with Crippen LogP contribution in [0.25, 0.3) is 0 Å². The van der Waals surface area contributed by atoms with Crippen LogP contribution in [0, 0.1) is 22.2 Å². The number of nitrogens with two attached hydrogens (primary N) is 1. The number of nitrogens with one attached hydrogen (secondary N) is 1. The molecule has 0 fully saturated rings. The van der Waals surface area contributed by atoms with Gasteiger partial charge in [-0.2, -0.15) is 5.26 Å². The molecule has 3 heteroatoms. The highest BCUT2D eigenvalue weighted by Gasteiger charge is 2.37. The van der Waals surface area contributed by atoms with Crippen molar-refractivity contribution in [1.82, 2.24) is 0 Å². The zero-order valence-corrected chi connectivity index (χ0v) is 10.7. The van der Waals surface area contributed by atoms with Crippen LogP contribution in [0.5, 0.6) is 0 Å². The van der Waals surface area contributed by atoms with E-state index in [1.807, 2.05) is 24.3 Å². The molecule has 0 heterocycles. The van der Waals surface area contributed by atoms with E-state index in [4.69, 9.17) is 16.4 Å². The Morgan fingerprint density at radius 1 is 1.39 bits per heavy atom. The summed E-state index contributed by atoms with van der Waals surface area (Å²) in [5.74, 6) is 0.172. The molecule has 0 amide bonds. The van der Waals surface area contributed by atoms with E-state index < -0.39 is 0 Å². The van der Waals surface area contributed by atoms with Crippen molar-refractivity contribution >= 4 is 6.21 Å². The molecule has 1 unspecified atom stereocenters. The Hall–Kier alpha value is -2.08. The molecule has 3 nitrogen and oxygen atoms in total. The van der Waals surface area contributed by atoms with Crippen molar-refractivity contribution in [2.45, 2.75) is 26.2 Å². The fourth-order valence-electron chi connectivity index (χ4n) is 2.57. The topological polar surface area (TPSA) is 73.7 Å². The molecule has 1 aliphatic carbocycles. The maximum Gasteiger partial charge on any atom is 0.0991 e. The monoisotopic (exact) mass is 239 g/mol. The summed E-state index contributed by atoms with van der Waals surface area (Å²) >= 11 is 0. The first-order valence-electron chi connectivity index (χ1n) is 6.00. The van der Waals surface area contributed by atoms with Crippen molar-refractivity contribution in [1.29, 1.82) is 10.7 Å². The first-order chi connectivity index (χ1) is 8.49. The average Bonchev–Trinajstić information content (AvgIpc) is 2.60. The largest absolute Gasteiger partial charge is 0.401 e. The van der Waals surface area contributed by atoms with Crippen LogP contribution < -0.4 is 5.73 Å². The summed E-state index contributed by atoms with van der Waals surface area (Å²) < 4.78 is 0. The molecule has 0 saturated carbocycles. The minimum absolute atomic E-state index is 0.0640. The van der Waals surface area contributed by atoms with Crippen molar-refractivity contribution in [3.8, 4) is 6.07 Å². The smallest absolute Gasteiger partial charge is 0.0991 e. The third kappa shape index (κ3) is 1.91. The molecule has 1 aromatic rings. The molecule has 1 aliphatic rings. The van der Waals surface area contributed by atoms with Crippen LogP contribution in [-0.2, 0) is 0 Å². The summed E-state index contributed by atoms with van der Waals surface area (Å²) in [6.45, 7) is 4.21. The van der Waals surface area contributed by atoms with E-state index in [0.717, 1.165) is 23.3 Å². The second-order valence-corrected chi connectivity index (χ2v) is 5.39. The third-order valence-electron chi connectivity index (χ3n) is 3.73. The first-order valence-corrected chi connectivity index (χ1v) is 6.00. The summed E-state index contributed by atoms with van der Waals surface area (Å²) in [5, 5.41) is 16.4. The normalized spacial score (nSPS) is 21.7. The zero-order chi connectivity index (χ0) is 13.3. The highest BCUT2D eigenvalue weighted by molar-refractivity contribution is 5.81. The zero-order valence-electron chi connectivity index (χ0n) is 10.7. The van der Waals surface area contributed by atoms with Gasteiger partial charge in [-0.25, -0.2) is 0 Å². The van der Waals surface area contributed by atoms with E-state index >= 15 is 0 Å². The molecule has 1 aromatic carbocycles. The number of nitrogens with zero attached hydrogens (tertiary/aromatic N) is 1. The highest BCUT2D eigenvalue weighted by atomic mass is 14.7. The van der Waals surface area contributed by atoms with Crippen molar-refractivity contribution < 1.29 is 0 Å². The average molecular weight is 239 g/mol. The second kappa shape index (κ2) is 4.30. The van der Waals surface area contributed by atoms with Crippen molar-refractivity contribution in [3.63, 3.8) is 0 Å². The maximum absolute atomic E-state index is 8.80. The fourth-order valence-corrected chi connectivity index (χ4v) is 2.57. The summed E-state index contributed by atoms with van der Waals surface area (Å²) in [6, 6.07) is 9.67. The van der Waals surface area contributed by atoms with Crippen molar-refractivity contribution in [2.75, 3.05) is 0 Å². The molecule has 92 valence electrons. The van der Waals surface area contributed by atoms with Crippen molar-refractivity contribution in [3.05, 3.63) is 46.7 Å². The van der Waals surface area contributed by atoms with E-state index in [1.54, 1.807) is 0 Å². The number of allylic oxidation sites excluding steroid dienone is 2. The quantitative estimate of drug-likeness (QED) is 0.779. The van der Waals surface area contributed by atoms with Gasteiger partial charge in [-0.3, -0.25) is 0 Å². The van der Waals surface area contributed by atoms with E-state index in [2.05, 4.69) is 19.9 Å². The van der Waals surface area contributed by atoms with E-state index in [-0.39, 0.29) is 11.3 Å². The van der Waals surface area contributed by atoms with Gasteiger partial charge in [0, 0.05) is 23.2 Å². The van der Waals surface area contributed by atoms with Crippen LogP contribution in [0.15, 0.2) is 35.5 Å². The molecule has 0 aromatic heterocycles. The van der Waals surface area contributed by atoms with Gasteiger partial charge in [-0.1, -0.05) is 26.0 Å². The van der Waals surface area contributed by atoms with Gasteiger partial charge in [0.15, 0.2) is 0 Å². The predicted octanol–water partition coefficient (Wildman–Crippen LogP) is 2.93. The van der Waals surface area contributed by atoms with E-state index in [9.17, 15) is 0 Å². The summed E-state index contributed by atoms with van der Waals surface area (Å²) in [7, 11) is 0. The lowest BCUT2D eigenvalue weighted by Crippen LogP contribution is -2.17. The van der Waals surface area contributed by atoms with Crippen molar-refractivity contribution in [2.24, 2.45) is 11.1 Å². The number of nitriles is 1. The molecule has 18 heavy (non-hydrogen) atoms. The number of rotatable bonds is 2. The van der Waals surface area contributed by atoms with Gasteiger partial charge in [-0.15, -0.1) is 0 Å². The van der Waals surface area contributed by atoms with Gasteiger partial charge >= 0.3 is 0 Å². The molecule has 0 bridgehead atoms. The van der Waals surface area contributed by atoms with Gasteiger partial charge in [0.05, 0.1) is 11.6 Å². The Morgan fingerprint density at radius 2 is 2.00 bits per heavy atom. The molecule has 3 N–H and O–H groups in total. The number of hydrogen-bond donors (Lipinski definition) is 2. The third-order valence-corrected chi connectivity index (χ3v) is 3.73. The molecule has 0 spiro atoms. The minimum Gasteiger partial charge on any atom is -0.401 e. The Balaban J connectivity index is 2.41. The van der Waals surface area contributed by atoms with Crippen LogP contribution in [0.1, 0.15) is 37.3 Å². The van der Waals surface area contributed by atoms with Crippen LogP contribution in [0.4, 0.5) is 0 Å². The van der Waals surface area contributed by atoms with Gasteiger partial charge in [0.2, 0.25) is 0 Å². The molecular weight excluding hydrogens is 222 g/mol. The number of benzene rings is 1. The Labute approximate surface area is 107 Å². The Kier molecular flexibility index (Phi) is 2.96. The first kappa shape index (κ1) is 12.4. The molecule has 2 rings (SSSR count). The van der Waals surface area contributed by atoms with Gasteiger partial charge in [0.25, 0.3) is 0 Å². The van der Waals surface area contributed by atoms with E-state index in [1.165, 1.54) is 6.21 Å². The van der Waals surface area contributed by atoms with Gasteiger partial charge < -0.3 is 11.1 Å². The van der Waals surface area contributed by atoms with Gasteiger partial charge in [-0.05, 0) is 29.7 Å². The van der Waals surface area contributed by atoms with E-state index in [0.29, 0.717) is 5.56 Å². The Morgan fingerprint density at radius 3 is 2.50 bits per heavy atom. The standard InChI is InChI=1S/C15H17N3/c1-15(2)7-12(13(9-17)14(15)18)11-5-3-10(8-16)4-6-11/h3-6,9,12,17H,7,18H2,1-2H3. The highest BCUT2D eigenvalue weighted by Crippen LogP contribution is 2.47. The molecule has 1 atom stereocenters.